The monoisotopic (exact) mass is 410 g/mol. The van der Waals surface area contributed by atoms with Gasteiger partial charge in [0.25, 0.3) is 0 Å². The molecule has 148 valence electrons. The molecule has 7 heteroatoms. The van der Waals surface area contributed by atoms with Crippen molar-refractivity contribution in [1.82, 2.24) is 20.2 Å². The van der Waals surface area contributed by atoms with E-state index in [1.165, 1.54) is 0 Å². The molecule has 4 rings (SSSR count). The van der Waals surface area contributed by atoms with Gasteiger partial charge in [-0.2, -0.15) is 0 Å². The van der Waals surface area contributed by atoms with Crippen molar-refractivity contribution < 1.29 is 5.11 Å². The summed E-state index contributed by atoms with van der Waals surface area (Å²) < 4.78 is 0. The van der Waals surface area contributed by atoms with Crippen LogP contribution in [0, 0.1) is 12.8 Å². The minimum Gasteiger partial charge on any atom is -0.389 e. The molecule has 0 bridgehead atoms. The first kappa shape index (κ1) is 22.1. The number of nitrogens with one attached hydrogen (secondary N) is 1. The van der Waals surface area contributed by atoms with E-state index >= 15 is 0 Å². The highest BCUT2D eigenvalue weighted by Crippen LogP contribution is 2.33. The Balaban J connectivity index is 0.00000131. The zero-order valence-corrected chi connectivity index (χ0v) is 17.2. The Morgan fingerprint density at radius 1 is 1.19 bits per heavy atom. The summed E-state index contributed by atoms with van der Waals surface area (Å²) in [5.74, 6) is 1.17. The molecule has 2 aliphatic heterocycles. The number of aryl methyl sites for hydroxylation is 1. The van der Waals surface area contributed by atoms with E-state index in [4.69, 9.17) is 4.98 Å². The van der Waals surface area contributed by atoms with E-state index in [-0.39, 0.29) is 24.8 Å². The Labute approximate surface area is 173 Å². The summed E-state index contributed by atoms with van der Waals surface area (Å²) in [6.45, 7) is 6.41. The summed E-state index contributed by atoms with van der Waals surface area (Å²) in [6, 6.07) is 12.3. The highest BCUT2D eigenvalue weighted by Gasteiger charge is 2.42. The van der Waals surface area contributed by atoms with Crippen LogP contribution in [0.3, 0.4) is 0 Å². The normalized spacial score (nSPS) is 25.0. The van der Waals surface area contributed by atoms with Crippen LogP contribution in [0.2, 0.25) is 0 Å². The van der Waals surface area contributed by atoms with Gasteiger partial charge in [0, 0.05) is 36.8 Å². The van der Waals surface area contributed by atoms with Gasteiger partial charge >= 0.3 is 0 Å². The highest BCUT2D eigenvalue weighted by atomic mass is 35.5. The van der Waals surface area contributed by atoms with Crippen LogP contribution < -0.4 is 5.32 Å². The molecular weight excluding hydrogens is 383 g/mol. The quantitative estimate of drug-likeness (QED) is 0.814. The van der Waals surface area contributed by atoms with Crippen molar-refractivity contribution in [2.24, 2.45) is 5.92 Å². The van der Waals surface area contributed by atoms with Crippen LogP contribution in [-0.2, 0) is 6.54 Å². The van der Waals surface area contributed by atoms with Gasteiger partial charge in [0.15, 0.2) is 0 Å². The lowest BCUT2D eigenvalue weighted by Gasteiger charge is -2.47. The van der Waals surface area contributed by atoms with Crippen molar-refractivity contribution in [2.75, 3.05) is 26.2 Å². The first-order valence-electron chi connectivity index (χ1n) is 9.18. The molecule has 0 radical (unpaired) electrons. The number of aliphatic hydroxyl groups is 1. The zero-order valence-electron chi connectivity index (χ0n) is 15.6. The summed E-state index contributed by atoms with van der Waals surface area (Å²) in [5.41, 5.74) is 2.62. The van der Waals surface area contributed by atoms with Crippen molar-refractivity contribution >= 4 is 24.8 Å². The van der Waals surface area contributed by atoms with Crippen LogP contribution >= 0.6 is 24.8 Å². The molecule has 27 heavy (non-hydrogen) atoms. The molecule has 3 heterocycles. The minimum atomic E-state index is -0.482. The van der Waals surface area contributed by atoms with Crippen molar-refractivity contribution in [3.8, 4) is 11.3 Å². The first-order valence-corrected chi connectivity index (χ1v) is 9.18. The third-order valence-corrected chi connectivity index (χ3v) is 5.56. The maximum absolute atomic E-state index is 10.8. The van der Waals surface area contributed by atoms with Gasteiger partial charge in [0.2, 0.25) is 0 Å². The molecule has 2 N–H and O–H groups in total. The van der Waals surface area contributed by atoms with Crippen LogP contribution in [0.1, 0.15) is 24.4 Å². The van der Waals surface area contributed by atoms with E-state index in [1.807, 2.05) is 31.2 Å². The third kappa shape index (κ3) is 4.98. The fraction of sp³-hybridized carbons (Fsp3) is 0.500. The summed E-state index contributed by atoms with van der Waals surface area (Å²) in [6.07, 6.45) is 1.71. The lowest BCUT2D eigenvalue weighted by Crippen LogP contribution is -2.58. The standard InChI is InChI=1S/C20H26N4O.2ClH/c1-15-11-18(16-5-3-2-4-6-16)23-19(22-15)14-24-10-8-20(25)7-9-21-12-17(20)13-24;;/h2-6,11,17,21,25H,7-10,12-14H2,1H3;2*1H/t17-,20-;;/m0../s1. The second kappa shape index (κ2) is 9.30. The Kier molecular flexibility index (Phi) is 7.60. The van der Waals surface area contributed by atoms with Gasteiger partial charge in [-0.15, -0.1) is 24.8 Å². The summed E-state index contributed by atoms with van der Waals surface area (Å²) in [5, 5.41) is 14.2. The smallest absolute Gasteiger partial charge is 0.143 e. The van der Waals surface area contributed by atoms with Crippen LogP contribution in [0.25, 0.3) is 11.3 Å². The maximum Gasteiger partial charge on any atom is 0.143 e. The fourth-order valence-electron chi connectivity index (χ4n) is 4.09. The van der Waals surface area contributed by atoms with Gasteiger partial charge in [0.05, 0.1) is 17.8 Å². The van der Waals surface area contributed by atoms with Crippen LogP contribution in [0.5, 0.6) is 0 Å². The van der Waals surface area contributed by atoms with Crippen molar-refractivity contribution in [3.63, 3.8) is 0 Å². The average Bonchev–Trinajstić information content (AvgIpc) is 2.62. The molecule has 1 aromatic heterocycles. The number of benzene rings is 1. The zero-order chi connectivity index (χ0) is 17.3. The van der Waals surface area contributed by atoms with Gasteiger partial charge < -0.3 is 10.4 Å². The Hall–Kier alpha value is -1.24. The van der Waals surface area contributed by atoms with Gasteiger partial charge in [-0.25, -0.2) is 9.97 Å². The number of fused-ring (bicyclic) bond motifs is 1. The minimum absolute atomic E-state index is 0. The Morgan fingerprint density at radius 2 is 1.96 bits per heavy atom. The number of aromatic nitrogens is 2. The Bertz CT molecular complexity index is 746. The predicted molar refractivity (Wildman–Crippen MR) is 113 cm³/mol. The summed E-state index contributed by atoms with van der Waals surface area (Å²) in [4.78, 5) is 11.8. The van der Waals surface area contributed by atoms with Gasteiger partial charge in [-0.05, 0) is 32.4 Å². The van der Waals surface area contributed by atoms with Crippen LogP contribution in [0.15, 0.2) is 36.4 Å². The molecular formula is C20H28Cl2N4O. The second-order valence-corrected chi connectivity index (χ2v) is 7.42. The van der Waals surface area contributed by atoms with E-state index in [9.17, 15) is 5.11 Å². The van der Waals surface area contributed by atoms with Gasteiger partial charge in [0.1, 0.15) is 5.82 Å². The lowest BCUT2D eigenvalue weighted by atomic mass is 9.76. The van der Waals surface area contributed by atoms with Gasteiger partial charge in [-0.1, -0.05) is 30.3 Å². The highest BCUT2D eigenvalue weighted by molar-refractivity contribution is 5.85. The van der Waals surface area contributed by atoms with Crippen LogP contribution in [0.4, 0.5) is 0 Å². The van der Waals surface area contributed by atoms with Crippen molar-refractivity contribution in [2.45, 2.75) is 31.9 Å². The predicted octanol–water partition coefficient (Wildman–Crippen LogP) is 2.84. The van der Waals surface area contributed by atoms with Crippen molar-refractivity contribution in [1.29, 1.82) is 0 Å². The molecule has 1 aromatic carbocycles. The molecule has 5 nitrogen and oxygen atoms in total. The van der Waals surface area contributed by atoms with E-state index in [0.717, 1.165) is 68.3 Å². The van der Waals surface area contributed by atoms with Crippen molar-refractivity contribution in [3.05, 3.63) is 47.9 Å². The summed E-state index contributed by atoms with van der Waals surface area (Å²) >= 11 is 0. The third-order valence-electron chi connectivity index (χ3n) is 5.56. The van der Waals surface area contributed by atoms with Gasteiger partial charge in [-0.3, -0.25) is 4.90 Å². The molecule has 0 unspecified atom stereocenters. The molecule has 0 amide bonds. The van der Waals surface area contributed by atoms with E-state index in [2.05, 4.69) is 27.3 Å². The topological polar surface area (TPSA) is 61.3 Å². The van der Waals surface area contributed by atoms with Crippen LogP contribution in [-0.4, -0.2) is 51.8 Å². The summed E-state index contributed by atoms with van der Waals surface area (Å²) in [7, 11) is 0. The molecule has 2 atom stereocenters. The number of hydrogen-bond acceptors (Lipinski definition) is 5. The largest absolute Gasteiger partial charge is 0.389 e. The number of hydrogen-bond donors (Lipinski definition) is 2. The first-order chi connectivity index (χ1) is 12.1. The number of rotatable bonds is 3. The average molecular weight is 411 g/mol. The Morgan fingerprint density at radius 3 is 2.74 bits per heavy atom. The fourth-order valence-corrected chi connectivity index (χ4v) is 4.09. The molecule has 2 fully saturated rings. The number of piperidine rings is 2. The molecule has 2 saturated heterocycles. The van der Waals surface area contributed by atoms with E-state index in [0.29, 0.717) is 5.92 Å². The molecule has 2 aromatic rings. The van der Waals surface area contributed by atoms with E-state index in [1.54, 1.807) is 0 Å². The van der Waals surface area contributed by atoms with E-state index < -0.39 is 5.60 Å². The molecule has 2 aliphatic rings. The molecule has 0 spiro atoms. The molecule has 0 saturated carbocycles. The molecule has 0 aliphatic carbocycles. The SMILES string of the molecule is Cc1cc(-c2ccccc2)nc(CN2CC[C@@]3(O)CCNC[C@H]3C2)n1.Cl.Cl. The lowest BCUT2D eigenvalue weighted by molar-refractivity contribution is -0.0903. The maximum atomic E-state index is 10.8. The second-order valence-electron chi connectivity index (χ2n) is 7.42. The number of halogens is 2. The number of likely N-dealkylation sites (tertiary alicyclic amines) is 1. The number of nitrogens with zero attached hydrogens (tertiary/aromatic N) is 3.